The molecule has 1 aromatic heterocycles. The summed E-state index contributed by atoms with van der Waals surface area (Å²) in [6.45, 7) is 4.18. The van der Waals surface area contributed by atoms with Gasteiger partial charge in [-0.05, 0) is 19.9 Å². The van der Waals surface area contributed by atoms with Crippen LogP contribution < -0.4 is 4.74 Å². The van der Waals surface area contributed by atoms with Crippen LogP contribution in [-0.4, -0.2) is 36.2 Å². The number of carbonyl (C=O) groups is 1. The van der Waals surface area contributed by atoms with E-state index in [1.54, 1.807) is 13.8 Å². The molecular weight excluding hydrogens is 270 g/mol. The van der Waals surface area contributed by atoms with Gasteiger partial charge in [-0.3, -0.25) is 0 Å². The standard InChI is InChI=1S/C13H16F2N2O3/c1-4-17(5-2)13(18)20-11(12(14)15)9-7-6-8-10(16-9)19-3/h6-8H,4-5H2,1-3H3. The van der Waals surface area contributed by atoms with Crippen molar-refractivity contribution in [2.45, 2.75) is 13.8 Å². The number of aromatic nitrogens is 1. The second kappa shape index (κ2) is 7.42. The number of ether oxygens (including phenoxy) is 2. The van der Waals surface area contributed by atoms with E-state index in [9.17, 15) is 13.6 Å². The minimum absolute atomic E-state index is 0.153. The summed E-state index contributed by atoms with van der Waals surface area (Å²) in [5.41, 5.74) is -0.162. The fourth-order valence-electron chi connectivity index (χ4n) is 1.48. The predicted molar refractivity (Wildman–Crippen MR) is 69.3 cm³/mol. The molecule has 0 aromatic carbocycles. The molecule has 20 heavy (non-hydrogen) atoms. The lowest BCUT2D eigenvalue weighted by atomic mass is 10.3. The van der Waals surface area contributed by atoms with E-state index in [1.807, 2.05) is 0 Å². The Morgan fingerprint density at radius 2 is 1.95 bits per heavy atom. The van der Waals surface area contributed by atoms with Crippen molar-refractivity contribution in [2.24, 2.45) is 0 Å². The van der Waals surface area contributed by atoms with E-state index in [2.05, 4.69) is 4.98 Å². The molecule has 0 bridgehead atoms. The first-order valence-corrected chi connectivity index (χ1v) is 6.06. The van der Waals surface area contributed by atoms with Crippen LogP contribution in [-0.2, 0) is 4.74 Å². The first-order valence-electron chi connectivity index (χ1n) is 6.06. The van der Waals surface area contributed by atoms with Crippen molar-refractivity contribution in [3.8, 4) is 5.88 Å². The highest BCUT2D eigenvalue weighted by atomic mass is 19.3. The average molecular weight is 286 g/mol. The largest absolute Gasteiger partial charge is 0.481 e. The molecule has 0 unspecified atom stereocenters. The van der Waals surface area contributed by atoms with Crippen molar-refractivity contribution in [1.29, 1.82) is 0 Å². The van der Waals surface area contributed by atoms with Crippen LogP contribution in [0.4, 0.5) is 13.6 Å². The lowest BCUT2D eigenvalue weighted by Crippen LogP contribution is -2.30. The number of pyridine rings is 1. The maximum Gasteiger partial charge on any atom is 0.415 e. The van der Waals surface area contributed by atoms with Gasteiger partial charge in [0.1, 0.15) is 5.69 Å². The van der Waals surface area contributed by atoms with E-state index in [-0.39, 0.29) is 11.6 Å². The zero-order valence-electron chi connectivity index (χ0n) is 11.5. The van der Waals surface area contributed by atoms with Gasteiger partial charge in [0.25, 0.3) is 0 Å². The molecule has 0 aliphatic carbocycles. The molecule has 0 saturated heterocycles. The van der Waals surface area contributed by atoms with Crippen molar-refractivity contribution in [1.82, 2.24) is 9.88 Å². The summed E-state index contributed by atoms with van der Waals surface area (Å²) >= 11 is 0. The molecule has 1 heterocycles. The zero-order chi connectivity index (χ0) is 15.1. The summed E-state index contributed by atoms with van der Waals surface area (Å²) in [4.78, 5) is 16.8. The zero-order valence-corrected chi connectivity index (χ0v) is 11.5. The molecule has 0 aliphatic heterocycles. The van der Waals surface area contributed by atoms with Crippen molar-refractivity contribution in [3.05, 3.63) is 30.0 Å². The molecule has 0 atom stereocenters. The fraction of sp³-hybridized carbons (Fsp3) is 0.385. The Labute approximate surface area is 115 Å². The molecule has 110 valence electrons. The minimum atomic E-state index is -2.12. The van der Waals surface area contributed by atoms with E-state index in [0.717, 1.165) is 0 Å². The van der Waals surface area contributed by atoms with Crippen LogP contribution in [0, 0.1) is 0 Å². The Bertz CT molecular complexity index is 498. The molecule has 5 nitrogen and oxygen atoms in total. The number of hydrogen-bond donors (Lipinski definition) is 0. The van der Waals surface area contributed by atoms with Gasteiger partial charge >= 0.3 is 12.2 Å². The van der Waals surface area contributed by atoms with Crippen molar-refractivity contribution < 1.29 is 23.0 Å². The molecular formula is C13H16F2N2O3. The maximum absolute atomic E-state index is 13.0. The van der Waals surface area contributed by atoms with Gasteiger partial charge in [-0.2, -0.15) is 8.78 Å². The Morgan fingerprint density at radius 1 is 1.30 bits per heavy atom. The van der Waals surface area contributed by atoms with Gasteiger partial charge in [0, 0.05) is 19.2 Å². The first-order chi connectivity index (χ1) is 9.53. The van der Waals surface area contributed by atoms with Gasteiger partial charge in [0.2, 0.25) is 11.6 Å². The summed E-state index contributed by atoms with van der Waals surface area (Å²) in [6.07, 6.45) is -2.96. The van der Waals surface area contributed by atoms with Crippen LogP contribution in [0.1, 0.15) is 19.5 Å². The normalized spacial score (nSPS) is 9.85. The summed E-state index contributed by atoms with van der Waals surface area (Å²) < 4.78 is 35.5. The predicted octanol–water partition coefficient (Wildman–Crippen LogP) is 3.13. The van der Waals surface area contributed by atoms with E-state index < -0.39 is 17.9 Å². The Morgan fingerprint density at radius 3 is 2.45 bits per heavy atom. The molecule has 0 aliphatic rings. The Balaban J connectivity index is 3.02. The van der Waals surface area contributed by atoms with E-state index in [1.165, 1.54) is 30.2 Å². The number of methoxy groups -OCH3 is 1. The van der Waals surface area contributed by atoms with Crippen LogP contribution >= 0.6 is 0 Å². The third-order valence-corrected chi connectivity index (χ3v) is 2.55. The average Bonchev–Trinajstić information content (AvgIpc) is 2.45. The smallest absolute Gasteiger partial charge is 0.415 e. The summed E-state index contributed by atoms with van der Waals surface area (Å²) in [6, 6.07) is 4.30. The molecule has 0 saturated carbocycles. The Kier molecular flexibility index (Phi) is 5.89. The molecule has 0 spiro atoms. The molecule has 0 fully saturated rings. The topological polar surface area (TPSA) is 51.7 Å². The van der Waals surface area contributed by atoms with Crippen LogP contribution in [0.3, 0.4) is 0 Å². The SMILES string of the molecule is CCN(CC)C(=O)OC(=C(F)F)c1cccc(OC)n1. The van der Waals surface area contributed by atoms with Gasteiger partial charge in [-0.25, -0.2) is 9.78 Å². The summed E-state index contributed by atoms with van der Waals surface area (Å²) in [5, 5.41) is 0. The fourth-order valence-corrected chi connectivity index (χ4v) is 1.48. The molecule has 1 aromatic rings. The van der Waals surface area contributed by atoms with Gasteiger partial charge < -0.3 is 14.4 Å². The third kappa shape index (κ3) is 3.91. The lowest BCUT2D eigenvalue weighted by Gasteiger charge is -2.18. The molecule has 7 heteroatoms. The first kappa shape index (κ1) is 15.9. The van der Waals surface area contributed by atoms with E-state index in [0.29, 0.717) is 13.1 Å². The minimum Gasteiger partial charge on any atom is -0.481 e. The molecule has 0 N–H and O–H groups in total. The maximum atomic E-state index is 13.0. The molecule has 0 radical (unpaired) electrons. The van der Waals surface area contributed by atoms with E-state index in [4.69, 9.17) is 9.47 Å². The monoisotopic (exact) mass is 286 g/mol. The summed E-state index contributed by atoms with van der Waals surface area (Å²) in [7, 11) is 1.36. The second-order valence-corrected chi connectivity index (χ2v) is 3.69. The highest BCUT2D eigenvalue weighted by molar-refractivity contribution is 5.76. The van der Waals surface area contributed by atoms with Crippen LogP contribution in [0.5, 0.6) is 5.88 Å². The molecule has 1 rings (SSSR count). The number of halogens is 2. The number of nitrogens with zero attached hydrogens (tertiary/aromatic N) is 2. The van der Waals surface area contributed by atoms with Crippen molar-refractivity contribution in [3.63, 3.8) is 0 Å². The Hall–Kier alpha value is -2.18. The highest BCUT2D eigenvalue weighted by Gasteiger charge is 2.20. The lowest BCUT2D eigenvalue weighted by molar-refractivity contribution is 0.145. The van der Waals surface area contributed by atoms with Gasteiger partial charge in [-0.15, -0.1) is 0 Å². The molecule has 1 amide bonds. The van der Waals surface area contributed by atoms with Crippen molar-refractivity contribution >= 4 is 11.9 Å². The van der Waals surface area contributed by atoms with Crippen LogP contribution in [0.2, 0.25) is 0 Å². The second-order valence-electron chi connectivity index (χ2n) is 3.69. The van der Waals surface area contributed by atoms with Crippen LogP contribution in [0.15, 0.2) is 24.3 Å². The third-order valence-electron chi connectivity index (χ3n) is 2.55. The number of amides is 1. The van der Waals surface area contributed by atoms with Gasteiger partial charge in [-0.1, -0.05) is 6.07 Å². The number of rotatable bonds is 5. The van der Waals surface area contributed by atoms with Crippen LogP contribution in [0.25, 0.3) is 5.76 Å². The quantitative estimate of drug-likeness (QED) is 0.780. The number of carbonyl (C=O) groups excluding carboxylic acids is 1. The summed E-state index contributed by atoms with van der Waals surface area (Å²) in [5.74, 6) is -0.707. The number of hydrogen-bond acceptors (Lipinski definition) is 4. The van der Waals surface area contributed by atoms with E-state index >= 15 is 0 Å². The van der Waals surface area contributed by atoms with Gasteiger partial charge in [0.05, 0.1) is 7.11 Å². The highest BCUT2D eigenvalue weighted by Crippen LogP contribution is 2.23. The van der Waals surface area contributed by atoms with Gasteiger partial charge in [0.15, 0.2) is 0 Å². The van der Waals surface area contributed by atoms with Crippen molar-refractivity contribution in [2.75, 3.05) is 20.2 Å².